The molecule has 2 aromatic heterocycles. The van der Waals surface area contributed by atoms with Gasteiger partial charge in [0.1, 0.15) is 5.82 Å². The highest BCUT2D eigenvalue weighted by atomic mass is 15.3. The molecule has 84 valence electrons. The molecule has 2 aromatic rings. The molecule has 6 heteroatoms. The second kappa shape index (κ2) is 4.18. The van der Waals surface area contributed by atoms with Gasteiger partial charge in [-0.1, -0.05) is 0 Å². The second-order valence-electron chi connectivity index (χ2n) is 3.64. The summed E-state index contributed by atoms with van der Waals surface area (Å²) in [4.78, 5) is 10.3. The minimum atomic E-state index is 0.668. The minimum Gasteiger partial charge on any atom is -0.347 e. The first-order valence-electron chi connectivity index (χ1n) is 4.92. The van der Waals surface area contributed by atoms with Crippen LogP contribution in [0.2, 0.25) is 0 Å². The van der Waals surface area contributed by atoms with Gasteiger partial charge >= 0.3 is 0 Å². The molecule has 0 spiro atoms. The number of hydrogen-bond donors (Lipinski definition) is 1. The third kappa shape index (κ3) is 2.28. The van der Waals surface area contributed by atoms with E-state index in [1.54, 1.807) is 10.9 Å². The van der Waals surface area contributed by atoms with E-state index < -0.39 is 0 Å². The molecule has 1 N–H and O–H groups in total. The Morgan fingerprint density at radius 3 is 2.69 bits per heavy atom. The van der Waals surface area contributed by atoms with Crippen LogP contribution in [0.5, 0.6) is 0 Å². The van der Waals surface area contributed by atoms with Crippen LogP contribution in [0.3, 0.4) is 0 Å². The lowest BCUT2D eigenvalue weighted by atomic mass is 10.5. The van der Waals surface area contributed by atoms with Gasteiger partial charge in [-0.2, -0.15) is 10.1 Å². The Kier molecular flexibility index (Phi) is 2.72. The maximum atomic E-state index is 4.33. The van der Waals surface area contributed by atoms with Crippen LogP contribution >= 0.6 is 0 Å². The Morgan fingerprint density at radius 1 is 1.25 bits per heavy atom. The average Bonchev–Trinajstić information content (AvgIpc) is 2.64. The summed E-state index contributed by atoms with van der Waals surface area (Å²) in [6.45, 7) is 0. The molecule has 0 atom stereocenters. The molecule has 0 aliphatic rings. The van der Waals surface area contributed by atoms with Gasteiger partial charge in [0.25, 0.3) is 0 Å². The van der Waals surface area contributed by atoms with Gasteiger partial charge in [0, 0.05) is 39.6 Å². The summed E-state index contributed by atoms with van der Waals surface area (Å²) in [7, 11) is 5.68. The van der Waals surface area contributed by atoms with E-state index >= 15 is 0 Å². The number of anilines is 3. The summed E-state index contributed by atoms with van der Waals surface area (Å²) in [6.07, 6.45) is 3.59. The standard InChI is InChI=1S/C10H14N6/c1-15(2)10-11-6-4-8(13-10)12-9-5-7-16(3)14-9/h4-7H,1-3H3,(H,11,12,13,14). The molecule has 6 nitrogen and oxygen atoms in total. The normalized spacial score (nSPS) is 10.2. The van der Waals surface area contributed by atoms with Crippen molar-refractivity contribution in [1.82, 2.24) is 19.7 Å². The Balaban J connectivity index is 2.18. The van der Waals surface area contributed by atoms with Crippen LogP contribution in [0.15, 0.2) is 24.5 Å². The van der Waals surface area contributed by atoms with Gasteiger partial charge in [-0.25, -0.2) is 4.98 Å². The SMILES string of the molecule is CN(C)c1nccc(Nc2ccn(C)n2)n1. The average molecular weight is 218 g/mol. The summed E-state index contributed by atoms with van der Waals surface area (Å²) >= 11 is 0. The van der Waals surface area contributed by atoms with Crippen molar-refractivity contribution in [2.24, 2.45) is 7.05 Å². The lowest BCUT2D eigenvalue weighted by Gasteiger charge is -2.10. The highest BCUT2D eigenvalue weighted by molar-refractivity contribution is 5.52. The highest BCUT2D eigenvalue weighted by Crippen LogP contribution is 2.13. The van der Waals surface area contributed by atoms with E-state index in [1.165, 1.54) is 0 Å². The Morgan fingerprint density at radius 2 is 2.06 bits per heavy atom. The first kappa shape index (κ1) is 10.4. The molecule has 0 saturated heterocycles. The topological polar surface area (TPSA) is 58.9 Å². The highest BCUT2D eigenvalue weighted by Gasteiger charge is 2.02. The molecule has 2 heterocycles. The maximum absolute atomic E-state index is 4.33. The van der Waals surface area contributed by atoms with E-state index in [4.69, 9.17) is 0 Å². The molecule has 2 rings (SSSR count). The van der Waals surface area contributed by atoms with Crippen LogP contribution < -0.4 is 10.2 Å². The van der Waals surface area contributed by atoms with Crippen molar-refractivity contribution in [3.8, 4) is 0 Å². The quantitative estimate of drug-likeness (QED) is 0.833. The van der Waals surface area contributed by atoms with Crippen LogP contribution in [0, 0.1) is 0 Å². The fraction of sp³-hybridized carbons (Fsp3) is 0.300. The van der Waals surface area contributed by atoms with E-state index in [0.29, 0.717) is 5.95 Å². The smallest absolute Gasteiger partial charge is 0.226 e. The van der Waals surface area contributed by atoms with Crippen molar-refractivity contribution in [3.05, 3.63) is 24.5 Å². The zero-order valence-electron chi connectivity index (χ0n) is 9.55. The number of hydrogen-bond acceptors (Lipinski definition) is 5. The largest absolute Gasteiger partial charge is 0.347 e. The zero-order valence-corrected chi connectivity index (χ0v) is 9.55. The van der Waals surface area contributed by atoms with E-state index in [1.807, 2.05) is 44.4 Å². The summed E-state index contributed by atoms with van der Waals surface area (Å²) in [5.74, 6) is 2.17. The van der Waals surface area contributed by atoms with Crippen LogP contribution in [0.4, 0.5) is 17.6 Å². The third-order valence-electron chi connectivity index (χ3n) is 2.01. The first-order valence-corrected chi connectivity index (χ1v) is 4.92. The van der Waals surface area contributed by atoms with E-state index in [9.17, 15) is 0 Å². The predicted octanol–water partition coefficient (Wildman–Crippen LogP) is 1.02. The molecule has 0 amide bonds. The molecular weight excluding hydrogens is 204 g/mol. The van der Waals surface area contributed by atoms with Crippen LogP contribution in [-0.4, -0.2) is 33.8 Å². The van der Waals surface area contributed by atoms with Crippen molar-refractivity contribution in [2.75, 3.05) is 24.3 Å². The lowest BCUT2D eigenvalue weighted by Crippen LogP contribution is -2.13. The van der Waals surface area contributed by atoms with Gasteiger partial charge < -0.3 is 10.2 Å². The minimum absolute atomic E-state index is 0.668. The van der Waals surface area contributed by atoms with Crippen molar-refractivity contribution >= 4 is 17.6 Å². The Bertz CT molecular complexity index is 476. The van der Waals surface area contributed by atoms with Crippen molar-refractivity contribution in [3.63, 3.8) is 0 Å². The number of aryl methyl sites for hydroxylation is 1. The molecule has 0 radical (unpaired) electrons. The number of nitrogens with zero attached hydrogens (tertiary/aromatic N) is 5. The molecule has 0 fully saturated rings. The van der Waals surface area contributed by atoms with Gasteiger partial charge in [-0.3, -0.25) is 4.68 Å². The van der Waals surface area contributed by atoms with E-state index in [-0.39, 0.29) is 0 Å². The second-order valence-corrected chi connectivity index (χ2v) is 3.64. The number of nitrogens with one attached hydrogen (secondary N) is 1. The summed E-state index contributed by atoms with van der Waals surface area (Å²) < 4.78 is 1.73. The molecule has 0 aromatic carbocycles. The molecule has 0 bridgehead atoms. The monoisotopic (exact) mass is 218 g/mol. The number of aromatic nitrogens is 4. The van der Waals surface area contributed by atoms with Gasteiger partial charge in [0.2, 0.25) is 5.95 Å². The fourth-order valence-electron chi connectivity index (χ4n) is 1.25. The summed E-state index contributed by atoms with van der Waals surface area (Å²) in [5, 5.41) is 7.32. The molecular formula is C10H14N6. The molecule has 16 heavy (non-hydrogen) atoms. The lowest BCUT2D eigenvalue weighted by molar-refractivity contribution is 0.771. The zero-order chi connectivity index (χ0) is 11.5. The van der Waals surface area contributed by atoms with Gasteiger partial charge in [-0.05, 0) is 6.07 Å². The Hall–Kier alpha value is -2.11. The molecule has 0 saturated carbocycles. The van der Waals surface area contributed by atoms with E-state index in [2.05, 4.69) is 20.4 Å². The van der Waals surface area contributed by atoms with Crippen LogP contribution in [0.25, 0.3) is 0 Å². The number of rotatable bonds is 3. The Labute approximate surface area is 93.9 Å². The van der Waals surface area contributed by atoms with Gasteiger partial charge in [-0.15, -0.1) is 0 Å². The fourth-order valence-corrected chi connectivity index (χ4v) is 1.25. The summed E-state index contributed by atoms with van der Waals surface area (Å²) in [6, 6.07) is 3.69. The molecule has 0 unspecified atom stereocenters. The maximum Gasteiger partial charge on any atom is 0.226 e. The summed E-state index contributed by atoms with van der Waals surface area (Å²) in [5.41, 5.74) is 0. The van der Waals surface area contributed by atoms with E-state index in [0.717, 1.165) is 11.6 Å². The van der Waals surface area contributed by atoms with Crippen molar-refractivity contribution in [2.45, 2.75) is 0 Å². The molecule has 0 aliphatic carbocycles. The third-order valence-corrected chi connectivity index (χ3v) is 2.01. The van der Waals surface area contributed by atoms with Crippen LogP contribution in [0.1, 0.15) is 0 Å². The van der Waals surface area contributed by atoms with Crippen molar-refractivity contribution < 1.29 is 0 Å². The van der Waals surface area contributed by atoms with Crippen molar-refractivity contribution in [1.29, 1.82) is 0 Å². The van der Waals surface area contributed by atoms with Gasteiger partial charge in [0.05, 0.1) is 0 Å². The predicted molar refractivity (Wildman–Crippen MR) is 62.8 cm³/mol. The molecule has 0 aliphatic heterocycles. The first-order chi connectivity index (χ1) is 7.65. The van der Waals surface area contributed by atoms with Gasteiger partial charge in [0.15, 0.2) is 5.82 Å². The van der Waals surface area contributed by atoms with Crippen LogP contribution in [-0.2, 0) is 7.05 Å².